The molecule has 0 spiro atoms. The maximum absolute atomic E-state index is 11.7. The third-order valence-electron chi connectivity index (χ3n) is 4.00. The van der Waals surface area contributed by atoms with E-state index in [0.717, 1.165) is 32.1 Å². The maximum Gasteiger partial charge on any atom is 0.305 e. The predicted molar refractivity (Wildman–Crippen MR) is 101 cm³/mol. The van der Waals surface area contributed by atoms with Gasteiger partial charge in [-0.1, -0.05) is 56.9 Å². The van der Waals surface area contributed by atoms with Crippen LogP contribution in [0.5, 0.6) is 0 Å². The van der Waals surface area contributed by atoms with Gasteiger partial charge in [0.2, 0.25) is 0 Å². The summed E-state index contributed by atoms with van der Waals surface area (Å²) in [5.74, 6) is 0.177. The molecule has 0 aliphatic heterocycles. The van der Waals surface area contributed by atoms with E-state index < -0.39 is 0 Å². The van der Waals surface area contributed by atoms with Gasteiger partial charge in [-0.05, 0) is 38.5 Å². The number of rotatable bonds is 16. The first-order valence-corrected chi connectivity index (χ1v) is 9.60. The number of ether oxygens (including phenoxy) is 1. The number of carbonyl (C=O) groups is 2. The van der Waals surface area contributed by atoms with Crippen molar-refractivity contribution in [1.29, 1.82) is 0 Å². The second-order valence-corrected chi connectivity index (χ2v) is 6.27. The van der Waals surface area contributed by atoms with E-state index >= 15 is 0 Å². The van der Waals surface area contributed by atoms with E-state index in [2.05, 4.69) is 36.0 Å². The number of esters is 1. The third kappa shape index (κ3) is 17.0. The van der Waals surface area contributed by atoms with Crippen LogP contribution in [0, 0.1) is 0 Å². The van der Waals surface area contributed by atoms with Crippen molar-refractivity contribution in [3.63, 3.8) is 0 Å². The minimum absolute atomic E-state index is 0.164. The summed E-state index contributed by atoms with van der Waals surface area (Å²) in [6, 6.07) is 0. The Hall–Kier alpha value is -1.38. The van der Waals surface area contributed by atoms with Gasteiger partial charge in [-0.15, -0.1) is 0 Å². The molecule has 138 valence electrons. The van der Waals surface area contributed by atoms with Crippen LogP contribution in [-0.4, -0.2) is 18.9 Å². The highest BCUT2D eigenvalue weighted by molar-refractivity contribution is 5.78. The van der Waals surface area contributed by atoms with Gasteiger partial charge in [0, 0.05) is 19.3 Å². The number of hydrogen-bond acceptors (Lipinski definition) is 3. The molecule has 3 heteroatoms. The highest BCUT2D eigenvalue weighted by atomic mass is 16.5. The van der Waals surface area contributed by atoms with Crippen molar-refractivity contribution >= 4 is 11.8 Å². The Balaban J connectivity index is 3.40. The minimum Gasteiger partial charge on any atom is -0.469 e. The molecule has 0 atom stereocenters. The highest BCUT2D eigenvalue weighted by Crippen LogP contribution is 2.08. The molecule has 0 saturated carbocycles. The fourth-order valence-corrected chi connectivity index (χ4v) is 2.45. The molecule has 0 aromatic rings. The fraction of sp³-hybridized carbons (Fsp3) is 0.714. The number of carbonyl (C=O) groups excluding carboxylic acids is 2. The second kappa shape index (κ2) is 18.0. The van der Waals surface area contributed by atoms with E-state index in [1.807, 2.05) is 0 Å². The Morgan fingerprint density at radius 2 is 1.33 bits per heavy atom. The largest absolute Gasteiger partial charge is 0.469 e. The molecule has 0 aliphatic rings. The van der Waals surface area contributed by atoms with Crippen LogP contribution in [-0.2, 0) is 14.3 Å². The van der Waals surface area contributed by atoms with E-state index in [0.29, 0.717) is 25.0 Å². The SMILES string of the molecule is CCCCCCC=CC=CCCCC(=O)CCCCCC(=O)OC. The van der Waals surface area contributed by atoms with Crippen LogP contribution in [0.1, 0.15) is 90.4 Å². The molecule has 0 radical (unpaired) electrons. The first kappa shape index (κ1) is 22.6. The molecule has 0 N–H and O–H groups in total. The molecular formula is C21H36O3. The van der Waals surface area contributed by atoms with Crippen LogP contribution in [0.2, 0.25) is 0 Å². The summed E-state index contributed by atoms with van der Waals surface area (Å²) >= 11 is 0. The lowest BCUT2D eigenvalue weighted by molar-refractivity contribution is -0.140. The van der Waals surface area contributed by atoms with Crippen molar-refractivity contribution in [1.82, 2.24) is 0 Å². The number of allylic oxidation sites excluding steroid dienone is 4. The highest BCUT2D eigenvalue weighted by Gasteiger charge is 2.03. The third-order valence-corrected chi connectivity index (χ3v) is 4.00. The van der Waals surface area contributed by atoms with Crippen LogP contribution in [0.25, 0.3) is 0 Å². The molecule has 0 saturated heterocycles. The van der Waals surface area contributed by atoms with E-state index in [4.69, 9.17) is 0 Å². The first-order chi connectivity index (χ1) is 11.7. The van der Waals surface area contributed by atoms with Gasteiger partial charge >= 0.3 is 5.97 Å². The number of unbranched alkanes of at least 4 members (excludes halogenated alkanes) is 7. The summed E-state index contributed by atoms with van der Waals surface area (Å²) in [5, 5.41) is 0. The van der Waals surface area contributed by atoms with Crippen molar-refractivity contribution in [2.24, 2.45) is 0 Å². The van der Waals surface area contributed by atoms with Crippen molar-refractivity contribution in [2.45, 2.75) is 90.4 Å². The molecule has 0 fully saturated rings. The van der Waals surface area contributed by atoms with Gasteiger partial charge in [-0.25, -0.2) is 0 Å². The Bertz CT molecular complexity index is 369. The van der Waals surface area contributed by atoms with Gasteiger partial charge in [-0.2, -0.15) is 0 Å². The van der Waals surface area contributed by atoms with E-state index in [1.165, 1.54) is 39.2 Å². The lowest BCUT2D eigenvalue weighted by atomic mass is 10.1. The van der Waals surface area contributed by atoms with Crippen LogP contribution < -0.4 is 0 Å². The summed E-state index contributed by atoms with van der Waals surface area (Å²) in [5.41, 5.74) is 0. The minimum atomic E-state index is -0.164. The smallest absolute Gasteiger partial charge is 0.305 e. The number of methoxy groups -OCH3 is 1. The van der Waals surface area contributed by atoms with Crippen molar-refractivity contribution < 1.29 is 14.3 Å². The summed E-state index contributed by atoms with van der Waals surface area (Å²) in [6.45, 7) is 2.23. The number of ketones is 1. The molecule has 3 nitrogen and oxygen atoms in total. The monoisotopic (exact) mass is 336 g/mol. The Morgan fingerprint density at radius 1 is 0.750 bits per heavy atom. The molecule has 0 amide bonds. The lowest BCUT2D eigenvalue weighted by Crippen LogP contribution is -2.00. The summed E-state index contributed by atoms with van der Waals surface area (Å²) in [7, 11) is 1.41. The summed E-state index contributed by atoms with van der Waals surface area (Å²) < 4.78 is 4.58. The van der Waals surface area contributed by atoms with Crippen molar-refractivity contribution in [3.05, 3.63) is 24.3 Å². The van der Waals surface area contributed by atoms with Gasteiger partial charge in [0.05, 0.1) is 7.11 Å². The van der Waals surface area contributed by atoms with Crippen molar-refractivity contribution in [3.8, 4) is 0 Å². The number of hydrogen-bond donors (Lipinski definition) is 0. The van der Waals surface area contributed by atoms with Crippen molar-refractivity contribution in [2.75, 3.05) is 7.11 Å². The normalized spacial score (nSPS) is 11.4. The van der Waals surface area contributed by atoms with E-state index in [-0.39, 0.29) is 5.97 Å². The zero-order valence-corrected chi connectivity index (χ0v) is 15.7. The zero-order chi connectivity index (χ0) is 17.9. The topological polar surface area (TPSA) is 43.4 Å². The van der Waals surface area contributed by atoms with Crippen LogP contribution in [0.3, 0.4) is 0 Å². The van der Waals surface area contributed by atoms with Gasteiger partial charge in [-0.3, -0.25) is 9.59 Å². The fourth-order valence-electron chi connectivity index (χ4n) is 2.45. The Morgan fingerprint density at radius 3 is 2.00 bits per heavy atom. The van der Waals surface area contributed by atoms with Gasteiger partial charge < -0.3 is 4.74 Å². The second-order valence-electron chi connectivity index (χ2n) is 6.27. The molecule has 0 aromatic heterocycles. The van der Waals surface area contributed by atoms with Gasteiger partial charge in [0.15, 0.2) is 0 Å². The molecule has 0 aliphatic carbocycles. The van der Waals surface area contributed by atoms with E-state index in [1.54, 1.807) is 0 Å². The van der Waals surface area contributed by atoms with Crippen LogP contribution in [0.4, 0.5) is 0 Å². The summed E-state index contributed by atoms with van der Waals surface area (Å²) in [4.78, 5) is 22.7. The maximum atomic E-state index is 11.7. The number of Topliss-reactive ketones (excluding diaryl/α,β-unsaturated/α-hetero) is 1. The quantitative estimate of drug-likeness (QED) is 0.199. The van der Waals surface area contributed by atoms with Crippen LogP contribution in [0.15, 0.2) is 24.3 Å². The molecule has 0 rings (SSSR count). The molecule has 24 heavy (non-hydrogen) atoms. The molecule has 0 unspecified atom stereocenters. The average molecular weight is 337 g/mol. The molecular weight excluding hydrogens is 300 g/mol. The van der Waals surface area contributed by atoms with Gasteiger partial charge in [0.25, 0.3) is 0 Å². The van der Waals surface area contributed by atoms with Gasteiger partial charge in [0.1, 0.15) is 5.78 Å². The standard InChI is InChI=1S/C21H36O3/c1-3-4-5-6-7-8-9-10-11-12-14-17-20(22)18-15-13-16-19-21(23)24-2/h8-11H,3-7,12-19H2,1-2H3. The summed E-state index contributed by atoms with van der Waals surface area (Å²) in [6.07, 6.45) is 21.3. The Labute approximate surface area is 148 Å². The zero-order valence-electron chi connectivity index (χ0n) is 15.7. The predicted octanol–water partition coefficient (Wildman–Crippen LogP) is 5.93. The Kier molecular flexibility index (Phi) is 16.9. The first-order valence-electron chi connectivity index (χ1n) is 9.60. The average Bonchev–Trinajstić information content (AvgIpc) is 2.59. The molecule has 0 heterocycles. The van der Waals surface area contributed by atoms with Crippen LogP contribution >= 0.6 is 0 Å². The van der Waals surface area contributed by atoms with E-state index in [9.17, 15) is 9.59 Å². The molecule has 0 bridgehead atoms. The lowest BCUT2D eigenvalue weighted by Gasteiger charge is -2.01. The molecule has 0 aromatic carbocycles.